The second-order valence-electron chi connectivity index (χ2n) is 6.34. The molecule has 1 saturated heterocycles. The first-order valence-corrected chi connectivity index (χ1v) is 9.59. The van der Waals surface area contributed by atoms with E-state index in [-0.39, 0.29) is 11.8 Å². The van der Waals surface area contributed by atoms with Crippen LogP contribution in [0.4, 0.5) is 0 Å². The standard InChI is InChI=1S/C19H20N2O3S/c22-18(15-5-6-17-14(13-15)3-2-12-25-17)20-7-9-21(10-8-20)19(23)16-4-1-11-24-16/h1,4-6,11,13H,2-3,7-10,12H2. The lowest BCUT2D eigenvalue weighted by Crippen LogP contribution is -2.50. The molecule has 0 spiro atoms. The van der Waals surface area contributed by atoms with Crippen molar-refractivity contribution in [1.82, 2.24) is 9.80 Å². The molecule has 0 unspecified atom stereocenters. The molecule has 3 heterocycles. The summed E-state index contributed by atoms with van der Waals surface area (Å²) < 4.78 is 5.17. The molecule has 0 atom stereocenters. The molecule has 4 rings (SSSR count). The van der Waals surface area contributed by atoms with Crippen LogP contribution in [0.3, 0.4) is 0 Å². The fraction of sp³-hybridized carbons (Fsp3) is 0.368. The SMILES string of the molecule is O=C(c1ccc2c(c1)CCCS2)N1CCN(C(=O)c2ccco2)CC1. The Labute approximate surface area is 151 Å². The van der Waals surface area contributed by atoms with Crippen molar-refractivity contribution < 1.29 is 14.0 Å². The fourth-order valence-electron chi connectivity index (χ4n) is 3.34. The first-order valence-electron chi connectivity index (χ1n) is 8.60. The highest BCUT2D eigenvalue weighted by Crippen LogP contribution is 2.30. The van der Waals surface area contributed by atoms with Gasteiger partial charge in [-0.2, -0.15) is 0 Å². The van der Waals surface area contributed by atoms with E-state index in [1.165, 1.54) is 23.1 Å². The molecule has 2 aliphatic rings. The Bertz CT molecular complexity index is 780. The van der Waals surface area contributed by atoms with Gasteiger partial charge in [0.1, 0.15) is 0 Å². The lowest BCUT2D eigenvalue weighted by atomic mass is 10.0. The summed E-state index contributed by atoms with van der Waals surface area (Å²) in [6, 6.07) is 9.43. The number of nitrogens with zero attached hydrogens (tertiary/aromatic N) is 2. The molecule has 0 radical (unpaired) electrons. The summed E-state index contributed by atoms with van der Waals surface area (Å²) in [5, 5.41) is 0. The molecule has 2 aliphatic heterocycles. The molecule has 0 saturated carbocycles. The highest BCUT2D eigenvalue weighted by atomic mass is 32.2. The molecular formula is C19H20N2O3S. The van der Waals surface area contributed by atoms with E-state index in [0.717, 1.165) is 17.7 Å². The lowest BCUT2D eigenvalue weighted by molar-refractivity contribution is 0.0518. The first kappa shape index (κ1) is 16.3. The van der Waals surface area contributed by atoms with Crippen LogP contribution < -0.4 is 0 Å². The van der Waals surface area contributed by atoms with Crippen LogP contribution >= 0.6 is 11.8 Å². The van der Waals surface area contributed by atoms with E-state index in [4.69, 9.17) is 4.42 Å². The molecule has 1 aromatic heterocycles. The molecule has 1 aromatic carbocycles. The van der Waals surface area contributed by atoms with E-state index in [1.54, 1.807) is 17.0 Å². The van der Waals surface area contributed by atoms with Crippen LogP contribution in [0.1, 0.15) is 32.9 Å². The number of amides is 2. The normalized spacial score (nSPS) is 17.3. The van der Waals surface area contributed by atoms with Crippen LogP contribution in [0.25, 0.3) is 0 Å². The van der Waals surface area contributed by atoms with E-state index in [2.05, 4.69) is 6.07 Å². The van der Waals surface area contributed by atoms with Crippen molar-refractivity contribution in [1.29, 1.82) is 0 Å². The summed E-state index contributed by atoms with van der Waals surface area (Å²) in [6.07, 6.45) is 3.72. The minimum atomic E-state index is -0.108. The van der Waals surface area contributed by atoms with Crippen molar-refractivity contribution in [3.8, 4) is 0 Å². The summed E-state index contributed by atoms with van der Waals surface area (Å²) in [5.74, 6) is 1.46. The molecule has 1 fully saturated rings. The number of carbonyl (C=O) groups excluding carboxylic acids is 2. The summed E-state index contributed by atoms with van der Waals surface area (Å²) in [6.45, 7) is 2.17. The minimum Gasteiger partial charge on any atom is -0.459 e. The Morgan fingerprint density at radius 1 is 1.00 bits per heavy atom. The van der Waals surface area contributed by atoms with E-state index in [1.807, 2.05) is 28.8 Å². The van der Waals surface area contributed by atoms with Gasteiger partial charge in [-0.25, -0.2) is 0 Å². The molecule has 0 aliphatic carbocycles. The van der Waals surface area contributed by atoms with Gasteiger partial charge in [0.25, 0.3) is 11.8 Å². The van der Waals surface area contributed by atoms with E-state index < -0.39 is 0 Å². The topological polar surface area (TPSA) is 53.8 Å². The van der Waals surface area contributed by atoms with Gasteiger partial charge in [0, 0.05) is 36.6 Å². The number of piperazine rings is 1. The summed E-state index contributed by atoms with van der Waals surface area (Å²) >= 11 is 1.87. The average molecular weight is 356 g/mol. The van der Waals surface area contributed by atoms with Gasteiger partial charge in [-0.05, 0) is 54.5 Å². The third-order valence-electron chi connectivity index (χ3n) is 4.74. The summed E-state index contributed by atoms with van der Waals surface area (Å²) in [4.78, 5) is 30.0. The number of aryl methyl sites for hydroxylation is 1. The van der Waals surface area contributed by atoms with Gasteiger partial charge >= 0.3 is 0 Å². The number of benzene rings is 1. The van der Waals surface area contributed by atoms with Crippen molar-refractivity contribution in [3.05, 3.63) is 53.5 Å². The van der Waals surface area contributed by atoms with Crippen LogP contribution in [-0.2, 0) is 6.42 Å². The maximum atomic E-state index is 12.8. The van der Waals surface area contributed by atoms with E-state index in [9.17, 15) is 9.59 Å². The van der Waals surface area contributed by atoms with Gasteiger partial charge < -0.3 is 14.2 Å². The van der Waals surface area contributed by atoms with Gasteiger partial charge in [0.05, 0.1) is 6.26 Å². The Morgan fingerprint density at radius 3 is 2.48 bits per heavy atom. The van der Waals surface area contributed by atoms with Crippen molar-refractivity contribution in [2.75, 3.05) is 31.9 Å². The zero-order valence-electron chi connectivity index (χ0n) is 13.9. The van der Waals surface area contributed by atoms with E-state index >= 15 is 0 Å². The molecular weight excluding hydrogens is 336 g/mol. The van der Waals surface area contributed by atoms with Crippen molar-refractivity contribution >= 4 is 23.6 Å². The second kappa shape index (κ2) is 6.96. The highest BCUT2D eigenvalue weighted by molar-refractivity contribution is 7.99. The van der Waals surface area contributed by atoms with Crippen LogP contribution in [-0.4, -0.2) is 53.5 Å². The molecule has 25 heavy (non-hydrogen) atoms. The summed E-state index contributed by atoms with van der Waals surface area (Å²) in [7, 11) is 0. The van der Waals surface area contributed by atoms with Crippen LogP contribution in [0.2, 0.25) is 0 Å². The maximum absolute atomic E-state index is 12.8. The zero-order chi connectivity index (χ0) is 17.2. The number of carbonyl (C=O) groups is 2. The first-order chi connectivity index (χ1) is 12.2. The predicted octanol–water partition coefficient (Wildman–Crippen LogP) is 2.92. The molecule has 2 amide bonds. The molecule has 0 bridgehead atoms. The minimum absolute atomic E-state index is 0.0588. The summed E-state index contributed by atoms with van der Waals surface area (Å²) in [5.41, 5.74) is 2.04. The largest absolute Gasteiger partial charge is 0.459 e. The molecule has 5 nitrogen and oxygen atoms in total. The van der Waals surface area contributed by atoms with Crippen molar-refractivity contribution in [2.24, 2.45) is 0 Å². The fourth-order valence-corrected chi connectivity index (χ4v) is 4.36. The number of rotatable bonds is 2. The smallest absolute Gasteiger partial charge is 0.289 e. The third-order valence-corrected chi connectivity index (χ3v) is 5.94. The number of hydrogen-bond acceptors (Lipinski definition) is 4. The third kappa shape index (κ3) is 3.31. The van der Waals surface area contributed by atoms with Gasteiger partial charge in [-0.1, -0.05) is 0 Å². The molecule has 2 aromatic rings. The van der Waals surface area contributed by atoms with Crippen molar-refractivity contribution in [3.63, 3.8) is 0 Å². The van der Waals surface area contributed by atoms with Crippen LogP contribution in [0, 0.1) is 0 Å². The van der Waals surface area contributed by atoms with Gasteiger partial charge in [-0.15, -0.1) is 11.8 Å². The van der Waals surface area contributed by atoms with Crippen LogP contribution in [0.5, 0.6) is 0 Å². The quantitative estimate of drug-likeness (QED) is 0.830. The number of thioether (sulfide) groups is 1. The molecule has 130 valence electrons. The predicted molar refractivity (Wildman–Crippen MR) is 96.0 cm³/mol. The number of furan rings is 1. The second-order valence-corrected chi connectivity index (χ2v) is 7.47. The Kier molecular flexibility index (Phi) is 4.53. The van der Waals surface area contributed by atoms with E-state index in [0.29, 0.717) is 31.9 Å². The highest BCUT2D eigenvalue weighted by Gasteiger charge is 2.27. The number of fused-ring (bicyclic) bond motifs is 1. The Balaban J connectivity index is 1.40. The van der Waals surface area contributed by atoms with Gasteiger partial charge in [0.2, 0.25) is 0 Å². The maximum Gasteiger partial charge on any atom is 0.289 e. The lowest BCUT2D eigenvalue weighted by Gasteiger charge is -2.34. The zero-order valence-corrected chi connectivity index (χ0v) is 14.8. The monoisotopic (exact) mass is 356 g/mol. The molecule has 0 N–H and O–H groups in total. The number of hydrogen-bond donors (Lipinski definition) is 0. The van der Waals surface area contributed by atoms with Gasteiger partial charge in [0.15, 0.2) is 5.76 Å². The molecule has 6 heteroatoms. The van der Waals surface area contributed by atoms with Crippen LogP contribution in [0.15, 0.2) is 45.9 Å². The van der Waals surface area contributed by atoms with Crippen molar-refractivity contribution in [2.45, 2.75) is 17.7 Å². The Hall–Kier alpha value is -2.21. The van der Waals surface area contributed by atoms with Gasteiger partial charge in [-0.3, -0.25) is 9.59 Å². The average Bonchev–Trinajstić information content (AvgIpc) is 3.21. The Morgan fingerprint density at radius 2 is 1.76 bits per heavy atom.